The average Bonchev–Trinajstić information content (AvgIpc) is 2.47. The van der Waals surface area contributed by atoms with Gasteiger partial charge >= 0.3 is 0 Å². The van der Waals surface area contributed by atoms with Crippen LogP contribution in [0.3, 0.4) is 0 Å². The molecule has 2 rings (SSSR count). The highest BCUT2D eigenvalue weighted by atomic mass is 35.5. The van der Waals surface area contributed by atoms with Crippen molar-refractivity contribution in [2.45, 2.75) is 34.4 Å². The largest absolute Gasteiger partial charge is 0.126 e. The Morgan fingerprint density at radius 1 is 0.950 bits per heavy atom. The zero-order chi connectivity index (χ0) is 14.4. The van der Waals surface area contributed by atoms with E-state index in [0.717, 1.165) is 5.92 Å². The third-order valence-corrected chi connectivity index (χ3v) is 5.60. The summed E-state index contributed by atoms with van der Waals surface area (Å²) in [6.45, 7) is 4.50. The van der Waals surface area contributed by atoms with Gasteiger partial charge in [0.1, 0.15) is 0 Å². The number of rotatable bonds is 6. The zero-order valence-electron chi connectivity index (χ0n) is 11.8. The number of halogens is 1. The van der Waals surface area contributed by atoms with Crippen molar-refractivity contribution in [1.82, 2.24) is 0 Å². The molecule has 0 N–H and O–H groups in total. The molecule has 2 aromatic carbocycles. The van der Waals surface area contributed by atoms with E-state index in [4.69, 9.17) is 11.6 Å². The summed E-state index contributed by atoms with van der Waals surface area (Å²) in [6.07, 6.45) is 0. The molecule has 3 heteroatoms. The van der Waals surface area contributed by atoms with E-state index in [1.54, 1.807) is 11.8 Å². The molecule has 0 radical (unpaired) electrons. The van der Waals surface area contributed by atoms with E-state index in [1.165, 1.54) is 26.0 Å². The van der Waals surface area contributed by atoms with E-state index in [2.05, 4.69) is 56.3 Å². The van der Waals surface area contributed by atoms with Crippen molar-refractivity contribution in [3.63, 3.8) is 0 Å². The van der Waals surface area contributed by atoms with Crippen LogP contribution in [0.15, 0.2) is 63.2 Å². The van der Waals surface area contributed by atoms with Gasteiger partial charge in [-0.1, -0.05) is 43.8 Å². The van der Waals surface area contributed by atoms with Crippen LogP contribution in [0.2, 0.25) is 0 Å². The molecule has 0 aromatic heterocycles. The Balaban J connectivity index is 2.03. The summed E-state index contributed by atoms with van der Waals surface area (Å²) in [6, 6.07) is 17.1. The fourth-order valence-electron chi connectivity index (χ4n) is 1.71. The molecule has 0 aliphatic rings. The number of benzene rings is 2. The lowest BCUT2D eigenvalue weighted by molar-refractivity contribution is 0.750. The second kappa shape index (κ2) is 8.02. The van der Waals surface area contributed by atoms with Crippen LogP contribution in [0.1, 0.15) is 19.4 Å². The molecule has 0 heterocycles. The Hall–Kier alpha value is -0.570. The van der Waals surface area contributed by atoms with Crippen molar-refractivity contribution >= 4 is 35.1 Å². The van der Waals surface area contributed by atoms with Crippen molar-refractivity contribution in [3.8, 4) is 0 Å². The third-order valence-electron chi connectivity index (χ3n) is 2.75. The van der Waals surface area contributed by atoms with E-state index >= 15 is 0 Å². The molecule has 0 nitrogen and oxygen atoms in total. The average molecular weight is 323 g/mol. The Labute approximate surface area is 135 Å². The van der Waals surface area contributed by atoms with Gasteiger partial charge < -0.3 is 0 Å². The van der Waals surface area contributed by atoms with Gasteiger partial charge in [0.05, 0.1) is 0 Å². The minimum Gasteiger partial charge on any atom is -0.126 e. The van der Waals surface area contributed by atoms with Crippen LogP contribution in [0, 0.1) is 5.92 Å². The molecule has 0 saturated carbocycles. The Morgan fingerprint density at radius 2 is 1.60 bits per heavy atom. The summed E-state index contributed by atoms with van der Waals surface area (Å²) in [4.78, 5) is 3.84. The number of alkyl halides is 1. The smallest absolute Gasteiger partial charge is 0.0485 e. The number of thioether (sulfide) groups is 1. The van der Waals surface area contributed by atoms with Crippen LogP contribution in [-0.2, 0) is 5.88 Å². The van der Waals surface area contributed by atoms with Crippen molar-refractivity contribution in [3.05, 3.63) is 54.1 Å². The molecule has 0 bridgehead atoms. The second-order valence-corrected chi connectivity index (χ2v) is 7.50. The predicted molar refractivity (Wildman–Crippen MR) is 92.1 cm³/mol. The van der Waals surface area contributed by atoms with Crippen LogP contribution in [0.4, 0.5) is 0 Å². The molecular weight excluding hydrogens is 304 g/mol. The predicted octanol–water partition coefficient (Wildman–Crippen LogP) is 6.32. The fraction of sp³-hybridized carbons (Fsp3) is 0.294. The highest BCUT2D eigenvalue weighted by Gasteiger charge is 2.03. The van der Waals surface area contributed by atoms with E-state index < -0.39 is 0 Å². The van der Waals surface area contributed by atoms with Crippen LogP contribution in [0.25, 0.3) is 0 Å². The summed E-state index contributed by atoms with van der Waals surface area (Å²) in [5, 5.41) is 0. The van der Waals surface area contributed by atoms with Crippen molar-refractivity contribution in [2.75, 3.05) is 5.75 Å². The lowest BCUT2D eigenvalue weighted by Crippen LogP contribution is -1.89. The molecule has 0 spiro atoms. The lowest BCUT2D eigenvalue weighted by atomic mass is 10.2. The van der Waals surface area contributed by atoms with Crippen LogP contribution < -0.4 is 0 Å². The molecule has 2 aromatic rings. The van der Waals surface area contributed by atoms with Gasteiger partial charge in [-0.2, -0.15) is 0 Å². The molecule has 0 atom stereocenters. The van der Waals surface area contributed by atoms with E-state index in [9.17, 15) is 0 Å². The first-order valence-corrected chi connectivity index (χ1v) is 9.07. The van der Waals surface area contributed by atoms with Crippen LogP contribution in [0.5, 0.6) is 0 Å². The summed E-state index contributed by atoms with van der Waals surface area (Å²) in [7, 11) is 0. The highest BCUT2D eigenvalue weighted by Crippen LogP contribution is 2.32. The normalized spacial score (nSPS) is 11.0. The summed E-state index contributed by atoms with van der Waals surface area (Å²) >= 11 is 9.68. The standard InChI is InChI=1S/C17H19ClS2/c1-13(2)12-19-15-7-9-16(10-8-15)20-17-6-4-3-5-14(17)11-18/h3-10,13H,11-12H2,1-2H3. The molecule has 0 saturated heterocycles. The summed E-state index contributed by atoms with van der Waals surface area (Å²) in [5.74, 6) is 2.46. The molecular formula is C17H19ClS2. The maximum Gasteiger partial charge on any atom is 0.0485 e. The van der Waals surface area contributed by atoms with Crippen LogP contribution in [-0.4, -0.2) is 5.75 Å². The minimum absolute atomic E-state index is 0.561. The van der Waals surface area contributed by atoms with Crippen molar-refractivity contribution in [1.29, 1.82) is 0 Å². The maximum atomic E-state index is 5.98. The maximum absolute atomic E-state index is 5.98. The SMILES string of the molecule is CC(C)CSc1ccc(Sc2ccccc2CCl)cc1. The first kappa shape index (κ1) is 15.8. The minimum atomic E-state index is 0.561. The van der Waals surface area contributed by atoms with Gasteiger partial charge in [-0.25, -0.2) is 0 Å². The molecule has 20 heavy (non-hydrogen) atoms. The van der Waals surface area contributed by atoms with Crippen molar-refractivity contribution < 1.29 is 0 Å². The van der Waals surface area contributed by atoms with Gasteiger partial charge in [-0.3, -0.25) is 0 Å². The fourth-order valence-corrected chi connectivity index (χ4v) is 3.82. The molecule has 0 aliphatic carbocycles. The number of hydrogen-bond donors (Lipinski definition) is 0. The first-order valence-electron chi connectivity index (χ1n) is 6.73. The lowest BCUT2D eigenvalue weighted by Gasteiger charge is -2.08. The Morgan fingerprint density at radius 3 is 2.25 bits per heavy atom. The molecule has 106 valence electrons. The molecule has 0 aliphatic heterocycles. The van der Waals surface area contributed by atoms with Gasteiger partial charge in [0.15, 0.2) is 0 Å². The first-order chi connectivity index (χ1) is 9.69. The van der Waals surface area contributed by atoms with Gasteiger partial charge in [-0.05, 0) is 41.8 Å². The summed E-state index contributed by atoms with van der Waals surface area (Å²) in [5.41, 5.74) is 1.19. The highest BCUT2D eigenvalue weighted by molar-refractivity contribution is 7.99. The summed E-state index contributed by atoms with van der Waals surface area (Å²) < 4.78 is 0. The molecule has 0 amide bonds. The quantitative estimate of drug-likeness (QED) is 0.450. The Bertz CT molecular complexity index is 535. The van der Waals surface area contributed by atoms with Gasteiger partial charge in [-0.15, -0.1) is 23.4 Å². The third kappa shape index (κ3) is 4.76. The number of hydrogen-bond acceptors (Lipinski definition) is 2. The van der Waals surface area contributed by atoms with E-state index in [0.29, 0.717) is 5.88 Å². The second-order valence-electron chi connectivity index (χ2n) is 5.02. The molecule has 0 unspecified atom stereocenters. The van der Waals surface area contributed by atoms with E-state index in [1.807, 2.05) is 17.8 Å². The molecule has 0 fully saturated rings. The Kier molecular flexibility index (Phi) is 6.34. The zero-order valence-corrected chi connectivity index (χ0v) is 14.2. The van der Waals surface area contributed by atoms with Gasteiger partial charge in [0, 0.05) is 26.3 Å². The monoisotopic (exact) mass is 322 g/mol. The van der Waals surface area contributed by atoms with E-state index in [-0.39, 0.29) is 0 Å². The van der Waals surface area contributed by atoms with Gasteiger partial charge in [0.2, 0.25) is 0 Å². The van der Waals surface area contributed by atoms with Crippen molar-refractivity contribution in [2.24, 2.45) is 5.92 Å². The van der Waals surface area contributed by atoms with Gasteiger partial charge in [0.25, 0.3) is 0 Å². The topological polar surface area (TPSA) is 0 Å². The van der Waals surface area contributed by atoms with Crippen LogP contribution >= 0.6 is 35.1 Å².